The van der Waals surface area contributed by atoms with E-state index >= 15 is 0 Å². The molecule has 4 rings (SSSR count). The van der Waals surface area contributed by atoms with E-state index in [-0.39, 0.29) is 18.0 Å². The lowest BCUT2D eigenvalue weighted by atomic mass is 9.89. The van der Waals surface area contributed by atoms with Crippen LogP contribution in [0.2, 0.25) is 0 Å². The Morgan fingerprint density at radius 2 is 2.23 bits per heavy atom. The molecule has 2 aliphatic heterocycles. The molecule has 0 unspecified atom stereocenters. The number of hydrogen-bond acceptors (Lipinski definition) is 3. The zero-order chi connectivity index (χ0) is 15.3. The number of aliphatic carboxylic acids is 1. The van der Waals surface area contributed by atoms with Crippen LogP contribution in [0.5, 0.6) is 0 Å². The lowest BCUT2D eigenvalue weighted by Crippen LogP contribution is -2.38. The molecule has 0 saturated carbocycles. The maximum atomic E-state index is 12.7. The third-order valence-electron chi connectivity index (χ3n) is 4.81. The average molecular weight is 300 g/mol. The molecule has 0 radical (unpaired) electrons. The molecular weight excluding hydrogens is 284 g/mol. The number of carbonyl (C=O) groups excluding carboxylic acids is 1. The van der Waals surface area contributed by atoms with E-state index in [1.165, 1.54) is 0 Å². The van der Waals surface area contributed by atoms with Crippen molar-refractivity contribution in [3.05, 3.63) is 36.4 Å². The minimum absolute atomic E-state index is 0.0500. The molecule has 2 N–H and O–H groups in total. The first-order chi connectivity index (χ1) is 10.6. The smallest absolute Gasteiger partial charge is 0.308 e. The second kappa shape index (κ2) is 4.76. The van der Waals surface area contributed by atoms with Crippen molar-refractivity contribution in [1.29, 1.82) is 0 Å². The fourth-order valence-electron chi connectivity index (χ4n) is 3.81. The maximum Gasteiger partial charge on any atom is 0.308 e. The molecule has 1 amide bonds. The number of aromatic amines is 1. The number of H-pyrrole nitrogens is 1. The summed E-state index contributed by atoms with van der Waals surface area (Å²) in [6.45, 7) is 0. The Bertz CT molecular complexity index is 718. The van der Waals surface area contributed by atoms with Crippen LogP contribution >= 0.6 is 0 Å². The summed E-state index contributed by atoms with van der Waals surface area (Å²) in [5, 5.41) is 9.28. The average Bonchev–Trinajstić information content (AvgIpc) is 3.27. The van der Waals surface area contributed by atoms with Crippen molar-refractivity contribution >= 4 is 11.9 Å². The molecule has 6 nitrogen and oxygen atoms in total. The third-order valence-corrected chi connectivity index (χ3v) is 4.81. The molecule has 0 spiro atoms. The quantitative estimate of drug-likeness (QED) is 0.911. The van der Waals surface area contributed by atoms with Gasteiger partial charge in [0.15, 0.2) is 0 Å². The first kappa shape index (κ1) is 13.2. The van der Waals surface area contributed by atoms with E-state index in [9.17, 15) is 14.7 Å². The van der Waals surface area contributed by atoms with E-state index < -0.39 is 11.9 Å². The number of amides is 1. The molecule has 22 heavy (non-hydrogen) atoms. The van der Waals surface area contributed by atoms with Crippen LogP contribution in [0.4, 0.5) is 0 Å². The second-order valence-corrected chi connectivity index (χ2v) is 5.97. The number of carbonyl (C=O) groups is 2. The maximum absolute atomic E-state index is 12.7. The summed E-state index contributed by atoms with van der Waals surface area (Å²) < 4.78 is 5.32. The van der Waals surface area contributed by atoms with Crippen molar-refractivity contribution in [1.82, 2.24) is 9.88 Å². The van der Waals surface area contributed by atoms with Crippen molar-refractivity contribution in [2.45, 2.75) is 31.3 Å². The molecule has 2 aliphatic rings. The van der Waals surface area contributed by atoms with Crippen molar-refractivity contribution in [2.75, 3.05) is 0 Å². The number of aromatic nitrogens is 1. The van der Waals surface area contributed by atoms with Gasteiger partial charge in [0.05, 0.1) is 12.2 Å². The van der Waals surface area contributed by atoms with Gasteiger partial charge in [0.1, 0.15) is 11.5 Å². The van der Waals surface area contributed by atoms with Gasteiger partial charge in [-0.3, -0.25) is 9.59 Å². The van der Waals surface area contributed by atoms with Gasteiger partial charge in [0.25, 0.3) is 5.91 Å². The summed E-state index contributed by atoms with van der Waals surface area (Å²) in [4.78, 5) is 28.8. The van der Waals surface area contributed by atoms with Crippen LogP contribution in [-0.4, -0.2) is 39.0 Å². The van der Waals surface area contributed by atoms with E-state index in [1.807, 2.05) is 6.07 Å². The molecule has 0 aliphatic carbocycles. The van der Waals surface area contributed by atoms with Crippen LogP contribution in [0.3, 0.4) is 0 Å². The van der Waals surface area contributed by atoms with Crippen LogP contribution in [-0.2, 0) is 4.79 Å². The number of rotatable bonds is 3. The fraction of sp³-hybridized carbons (Fsp3) is 0.375. The van der Waals surface area contributed by atoms with Crippen molar-refractivity contribution in [2.24, 2.45) is 5.92 Å². The van der Waals surface area contributed by atoms with Crippen LogP contribution in [0.1, 0.15) is 29.8 Å². The lowest BCUT2D eigenvalue weighted by Gasteiger charge is -2.22. The van der Waals surface area contributed by atoms with Crippen molar-refractivity contribution in [3.8, 4) is 11.3 Å². The highest BCUT2D eigenvalue weighted by atomic mass is 16.4. The normalized spacial score (nSPS) is 26.5. The molecule has 6 heteroatoms. The van der Waals surface area contributed by atoms with E-state index in [1.54, 1.807) is 29.5 Å². The van der Waals surface area contributed by atoms with Gasteiger partial charge < -0.3 is 19.4 Å². The van der Waals surface area contributed by atoms with Crippen LogP contribution in [0, 0.1) is 5.92 Å². The highest BCUT2D eigenvalue weighted by molar-refractivity contribution is 5.95. The zero-order valence-corrected chi connectivity index (χ0v) is 11.9. The number of carboxylic acid groups (broad SMARTS) is 1. The number of carboxylic acids is 1. The Hall–Kier alpha value is -2.50. The Morgan fingerprint density at radius 3 is 2.91 bits per heavy atom. The molecule has 2 aromatic rings. The minimum atomic E-state index is -0.798. The summed E-state index contributed by atoms with van der Waals surface area (Å²) in [7, 11) is 0. The first-order valence-corrected chi connectivity index (χ1v) is 7.43. The Morgan fingerprint density at radius 1 is 1.36 bits per heavy atom. The van der Waals surface area contributed by atoms with Gasteiger partial charge in [0.2, 0.25) is 0 Å². The van der Waals surface area contributed by atoms with E-state index in [2.05, 4.69) is 4.98 Å². The minimum Gasteiger partial charge on any atom is -0.481 e. The molecule has 2 fully saturated rings. The van der Waals surface area contributed by atoms with Crippen LogP contribution in [0.25, 0.3) is 11.3 Å². The largest absolute Gasteiger partial charge is 0.481 e. The standard InChI is InChI=1S/C16H16N2O4/c19-15(12-6-9(8-17-12)14-2-1-5-22-14)18-10-3-4-13(18)11(7-10)16(20)21/h1-2,5-6,8,10-11,13,17H,3-4,7H2,(H,20,21)/t10-,11-,13+/m1/s1. The van der Waals surface area contributed by atoms with Gasteiger partial charge in [-0.15, -0.1) is 0 Å². The molecule has 0 aromatic carbocycles. The zero-order valence-electron chi connectivity index (χ0n) is 11.9. The summed E-state index contributed by atoms with van der Waals surface area (Å²) >= 11 is 0. The molecular formula is C16H16N2O4. The Labute approximate surface area is 126 Å². The predicted octanol–water partition coefficient (Wildman–Crippen LogP) is 2.35. The van der Waals surface area contributed by atoms with Gasteiger partial charge in [-0.05, 0) is 37.5 Å². The topological polar surface area (TPSA) is 86.5 Å². The van der Waals surface area contributed by atoms with Gasteiger partial charge >= 0.3 is 5.97 Å². The highest BCUT2D eigenvalue weighted by Gasteiger charge is 2.51. The summed E-state index contributed by atoms with van der Waals surface area (Å²) in [5.74, 6) is -0.646. The molecule has 2 bridgehead atoms. The van der Waals surface area contributed by atoms with E-state index in [0.29, 0.717) is 17.9 Å². The Kier molecular flexibility index (Phi) is 2.85. The van der Waals surface area contributed by atoms with Crippen LogP contribution in [0.15, 0.2) is 35.1 Å². The summed E-state index contributed by atoms with van der Waals surface area (Å²) in [5.41, 5.74) is 1.30. The molecule has 4 heterocycles. The van der Waals surface area contributed by atoms with Gasteiger partial charge in [-0.1, -0.05) is 0 Å². The van der Waals surface area contributed by atoms with Crippen molar-refractivity contribution in [3.63, 3.8) is 0 Å². The summed E-state index contributed by atoms with van der Waals surface area (Å²) in [6, 6.07) is 5.26. The second-order valence-electron chi connectivity index (χ2n) is 5.97. The van der Waals surface area contributed by atoms with E-state index in [4.69, 9.17) is 4.42 Å². The number of fused-ring (bicyclic) bond motifs is 2. The molecule has 2 aromatic heterocycles. The SMILES string of the molecule is O=C(O)[C@@H]1C[C@H]2CC[C@@H]1N2C(=O)c1cc(-c2ccco2)c[nH]1. The number of nitrogens with zero attached hydrogens (tertiary/aromatic N) is 1. The third kappa shape index (κ3) is 1.87. The number of furan rings is 1. The van der Waals surface area contributed by atoms with Crippen molar-refractivity contribution < 1.29 is 19.1 Å². The summed E-state index contributed by atoms with van der Waals surface area (Å²) in [6.07, 6.45) is 5.56. The Balaban J connectivity index is 1.59. The number of nitrogens with one attached hydrogen (secondary N) is 1. The first-order valence-electron chi connectivity index (χ1n) is 7.43. The lowest BCUT2D eigenvalue weighted by molar-refractivity contribution is -0.142. The van der Waals surface area contributed by atoms with E-state index in [0.717, 1.165) is 18.4 Å². The fourth-order valence-corrected chi connectivity index (χ4v) is 3.81. The molecule has 3 atom stereocenters. The number of hydrogen-bond donors (Lipinski definition) is 2. The molecule has 114 valence electrons. The van der Waals surface area contributed by atoms with Gasteiger partial charge in [0, 0.05) is 23.8 Å². The molecule has 2 saturated heterocycles. The monoisotopic (exact) mass is 300 g/mol. The predicted molar refractivity (Wildman–Crippen MR) is 77.2 cm³/mol. The van der Waals surface area contributed by atoms with Gasteiger partial charge in [-0.2, -0.15) is 0 Å². The van der Waals surface area contributed by atoms with Crippen LogP contribution < -0.4 is 0 Å². The highest BCUT2D eigenvalue weighted by Crippen LogP contribution is 2.42. The van der Waals surface area contributed by atoms with Gasteiger partial charge in [-0.25, -0.2) is 0 Å².